The number of anilines is 1. The van der Waals surface area contributed by atoms with Crippen molar-refractivity contribution in [2.75, 3.05) is 11.5 Å². The molecule has 0 radical (unpaired) electrons. The summed E-state index contributed by atoms with van der Waals surface area (Å²) in [5.41, 5.74) is 4.96. The summed E-state index contributed by atoms with van der Waals surface area (Å²) in [5, 5.41) is 0.637. The summed E-state index contributed by atoms with van der Waals surface area (Å²) >= 11 is 4.91. The van der Waals surface area contributed by atoms with Crippen molar-refractivity contribution in [1.82, 2.24) is 0 Å². The molecular weight excluding hydrogens is 508 g/mol. The quantitative estimate of drug-likeness (QED) is 0.290. The first-order chi connectivity index (χ1) is 16.5. The van der Waals surface area contributed by atoms with Gasteiger partial charge in [0.1, 0.15) is 5.75 Å². The third kappa shape index (κ3) is 5.45. The highest BCUT2D eigenvalue weighted by Gasteiger charge is 2.35. The molecule has 1 heterocycles. The molecule has 0 aliphatic carbocycles. The van der Waals surface area contributed by atoms with E-state index in [0.717, 1.165) is 40.0 Å². The molecule has 0 atom stereocenters. The maximum Gasteiger partial charge on any atom is 0.271 e. The maximum absolute atomic E-state index is 13.6. The number of ether oxygens (including phenoxy) is 1. The monoisotopic (exact) mass is 534 g/mol. The lowest BCUT2D eigenvalue weighted by atomic mass is 10.1. The lowest BCUT2D eigenvalue weighted by molar-refractivity contribution is -0.113. The molecular formula is C28H27BrN2O2S. The number of aliphatic imine (C=N–C) groups is 1. The van der Waals surface area contributed by atoms with Crippen molar-refractivity contribution < 1.29 is 9.53 Å². The first-order valence-corrected chi connectivity index (χ1v) is 13.1. The highest BCUT2D eigenvalue weighted by Crippen LogP contribution is 2.39. The number of amidine groups is 1. The van der Waals surface area contributed by atoms with Crippen molar-refractivity contribution >= 4 is 56.2 Å². The standard InChI is InChI=1S/C28H27BrN2O2S/c1-4-19-7-12-23(13-8-19)30-28-31(24-14-9-20(5-2)10-15-24)27(32)26(34-28)18-21-17-22(29)11-16-25(21)33-6-3/h7-18H,4-6H2,1-3H3/b26-18-,30-28?. The Morgan fingerprint density at radius 1 is 0.941 bits per heavy atom. The van der Waals surface area contributed by atoms with Crippen LogP contribution in [-0.2, 0) is 17.6 Å². The Labute approximate surface area is 213 Å². The molecule has 0 saturated carbocycles. The van der Waals surface area contributed by atoms with Gasteiger partial charge in [-0.3, -0.25) is 9.69 Å². The number of thioether (sulfide) groups is 1. The van der Waals surface area contributed by atoms with Crippen LogP contribution in [0.15, 0.2) is 81.1 Å². The molecule has 174 valence electrons. The van der Waals surface area contributed by atoms with Crippen LogP contribution >= 0.6 is 27.7 Å². The lowest BCUT2D eigenvalue weighted by Gasteiger charge is -2.16. The zero-order chi connectivity index (χ0) is 24.1. The van der Waals surface area contributed by atoms with Crippen molar-refractivity contribution in [3.8, 4) is 5.75 Å². The van der Waals surface area contributed by atoms with Gasteiger partial charge in [0.15, 0.2) is 5.17 Å². The van der Waals surface area contributed by atoms with Crippen molar-refractivity contribution in [2.45, 2.75) is 33.6 Å². The van der Waals surface area contributed by atoms with Crippen LogP contribution in [0.1, 0.15) is 37.5 Å². The van der Waals surface area contributed by atoms with Crippen molar-refractivity contribution in [2.24, 2.45) is 4.99 Å². The van der Waals surface area contributed by atoms with Crippen LogP contribution in [0, 0.1) is 0 Å². The molecule has 1 saturated heterocycles. The van der Waals surface area contributed by atoms with E-state index in [4.69, 9.17) is 9.73 Å². The van der Waals surface area contributed by atoms with Crippen LogP contribution in [0.3, 0.4) is 0 Å². The molecule has 0 N–H and O–H groups in total. The Kier molecular flexibility index (Phi) is 7.91. The van der Waals surface area contributed by atoms with Gasteiger partial charge in [-0.1, -0.05) is 54.0 Å². The molecule has 4 rings (SSSR count). The van der Waals surface area contributed by atoms with Gasteiger partial charge >= 0.3 is 0 Å². The molecule has 6 heteroatoms. The molecule has 0 spiro atoms. The topological polar surface area (TPSA) is 41.9 Å². The number of benzene rings is 3. The molecule has 4 nitrogen and oxygen atoms in total. The number of carbonyl (C=O) groups is 1. The first-order valence-electron chi connectivity index (χ1n) is 11.4. The molecule has 34 heavy (non-hydrogen) atoms. The fraction of sp³-hybridized carbons (Fsp3) is 0.214. The van der Waals surface area contributed by atoms with E-state index in [-0.39, 0.29) is 5.91 Å². The Morgan fingerprint density at radius 3 is 2.21 bits per heavy atom. The van der Waals surface area contributed by atoms with Crippen LogP contribution in [0.25, 0.3) is 6.08 Å². The van der Waals surface area contributed by atoms with Gasteiger partial charge in [0.2, 0.25) is 0 Å². The van der Waals surface area contributed by atoms with Gasteiger partial charge in [-0.05, 0) is 91.2 Å². The SMILES string of the molecule is CCOc1ccc(Br)cc1/C=C1\SC(=Nc2ccc(CC)cc2)N(c2ccc(CC)cc2)C1=O. The van der Waals surface area contributed by atoms with Gasteiger partial charge in [0.05, 0.1) is 22.9 Å². The van der Waals surface area contributed by atoms with Crippen LogP contribution < -0.4 is 9.64 Å². The second-order valence-corrected chi connectivity index (χ2v) is 9.73. The lowest BCUT2D eigenvalue weighted by Crippen LogP contribution is -2.28. The highest BCUT2D eigenvalue weighted by molar-refractivity contribution is 9.10. The summed E-state index contributed by atoms with van der Waals surface area (Å²) in [5.74, 6) is 0.645. The van der Waals surface area contributed by atoms with E-state index in [1.165, 1.54) is 22.9 Å². The number of hydrogen-bond acceptors (Lipinski definition) is 4. The van der Waals surface area contributed by atoms with Crippen LogP contribution in [0.4, 0.5) is 11.4 Å². The minimum Gasteiger partial charge on any atom is -0.493 e. The number of halogens is 1. The second kappa shape index (κ2) is 11.1. The van der Waals surface area contributed by atoms with Crippen molar-refractivity contribution in [1.29, 1.82) is 0 Å². The van der Waals surface area contributed by atoms with Crippen LogP contribution in [-0.4, -0.2) is 17.7 Å². The van der Waals surface area contributed by atoms with Crippen LogP contribution in [0.5, 0.6) is 5.75 Å². The van der Waals surface area contributed by atoms with Gasteiger partial charge in [-0.15, -0.1) is 0 Å². The average molecular weight is 536 g/mol. The molecule has 0 unspecified atom stereocenters. The van der Waals surface area contributed by atoms with E-state index in [1.54, 1.807) is 4.90 Å². The van der Waals surface area contributed by atoms with E-state index >= 15 is 0 Å². The van der Waals surface area contributed by atoms with E-state index in [2.05, 4.69) is 54.0 Å². The number of amides is 1. The molecule has 0 bridgehead atoms. The minimum absolute atomic E-state index is 0.0967. The average Bonchev–Trinajstić information content (AvgIpc) is 3.15. The zero-order valence-corrected chi connectivity index (χ0v) is 21.9. The molecule has 3 aromatic rings. The van der Waals surface area contributed by atoms with Gasteiger partial charge in [0, 0.05) is 10.0 Å². The largest absolute Gasteiger partial charge is 0.493 e. The molecule has 0 aromatic heterocycles. The summed E-state index contributed by atoms with van der Waals surface area (Å²) in [6.07, 6.45) is 3.81. The number of nitrogens with zero attached hydrogens (tertiary/aromatic N) is 2. The van der Waals surface area contributed by atoms with E-state index < -0.39 is 0 Å². The highest BCUT2D eigenvalue weighted by atomic mass is 79.9. The fourth-order valence-corrected chi connectivity index (χ4v) is 5.00. The number of hydrogen-bond donors (Lipinski definition) is 0. The molecule has 1 aliphatic heterocycles. The summed E-state index contributed by atoms with van der Waals surface area (Å²) in [7, 11) is 0. The summed E-state index contributed by atoms with van der Waals surface area (Å²) in [6.45, 7) is 6.75. The molecule has 1 fully saturated rings. The third-order valence-electron chi connectivity index (χ3n) is 5.54. The van der Waals surface area contributed by atoms with E-state index in [9.17, 15) is 4.79 Å². The Hall–Kier alpha value is -2.83. The van der Waals surface area contributed by atoms with Gasteiger partial charge in [-0.25, -0.2) is 4.99 Å². The number of rotatable bonds is 7. The fourth-order valence-electron chi connectivity index (χ4n) is 3.63. The smallest absolute Gasteiger partial charge is 0.271 e. The minimum atomic E-state index is -0.0967. The van der Waals surface area contributed by atoms with Crippen LogP contribution in [0.2, 0.25) is 0 Å². The Balaban J connectivity index is 1.77. The summed E-state index contributed by atoms with van der Waals surface area (Å²) in [6, 6.07) is 22.1. The van der Waals surface area contributed by atoms with E-state index in [0.29, 0.717) is 16.7 Å². The first kappa shape index (κ1) is 24.3. The molecule has 1 aliphatic rings. The van der Waals surface area contributed by atoms with Gasteiger partial charge in [0.25, 0.3) is 5.91 Å². The number of aryl methyl sites for hydroxylation is 2. The Morgan fingerprint density at radius 2 is 1.59 bits per heavy atom. The van der Waals surface area contributed by atoms with Crippen molar-refractivity contribution in [3.63, 3.8) is 0 Å². The summed E-state index contributed by atoms with van der Waals surface area (Å²) in [4.78, 5) is 20.8. The second-order valence-electron chi connectivity index (χ2n) is 7.80. The summed E-state index contributed by atoms with van der Waals surface area (Å²) < 4.78 is 6.72. The number of carbonyl (C=O) groups excluding carboxylic acids is 1. The van der Waals surface area contributed by atoms with E-state index in [1.807, 2.05) is 55.5 Å². The predicted octanol–water partition coefficient (Wildman–Crippen LogP) is 7.78. The maximum atomic E-state index is 13.6. The third-order valence-corrected chi connectivity index (χ3v) is 7.00. The zero-order valence-electron chi connectivity index (χ0n) is 19.5. The molecule has 3 aromatic carbocycles. The normalized spacial score (nSPS) is 16.0. The molecule has 1 amide bonds. The van der Waals surface area contributed by atoms with Crippen molar-refractivity contribution in [3.05, 3.63) is 92.8 Å². The van der Waals surface area contributed by atoms with Gasteiger partial charge in [-0.2, -0.15) is 0 Å². The Bertz CT molecular complexity index is 1230. The predicted molar refractivity (Wildman–Crippen MR) is 147 cm³/mol. The van der Waals surface area contributed by atoms with Gasteiger partial charge < -0.3 is 4.74 Å².